The van der Waals surface area contributed by atoms with Crippen LogP contribution in [0.3, 0.4) is 0 Å². The number of aromatic nitrogens is 2. The minimum atomic E-state index is -4.21. The van der Waals surface area contributed by atoms with Crippen molar-refractivity contribution in [2.45, 2.75) is 4.90 Å². The Morgan fingerprint density at radius 1 is 1.24 bits per heavy atom. The van der Waals surface area contributed by atoms with Gasteiger partial charge >= 0.3 is 5.69 Å². The Bertz CT molecular complexity index is 914. The first-order chi connectivity index (χ1) is 9.78. The lowest BCUT2D eigenvalue weighted by molar-refractivity contribution is 0.537. The van der Waals surface area contributed by atoms with Crippen molar-refractivity contribution in [3.05, 3.63) is 57.3 Å². The van der Waals surface area contributed by atoms with Crippen molar-refractivity contribution in [3.8, 4) is 0 Å². The van der Waals surface area contributed by atoms with Crippen LogP contribution in [0.5, 0.6) is 0 Å². The molecule has 0 spiro atoms. The molecule has 0 aliphatic rings. The van der Waals surface area contributed by atoms with Crippen LogP contribution in [0.15, 0.2) is 45.1 Å². The molecule has 9 heteroatoms. The molecule has 0 N–H and O–H groups in total. The minimum Gasteiger partial charge on any atom is -0.278 e. The van der Waals surface area contributed by atoms with E-state index >= 15 is 0 Å². The maximum Gasteiger partial charge on any atom is 0.343 e. The smallest absolute Gasteiger partial charge is 0.278 e. The van der Waals surface area contributed by atoms with Crippen LogP contribution in [0.4, 0.5) is 4.39 Å². The van der Waals surface area contributed by atoms with Crippen LogP contribution in [0.1, 0.15) is 0 Å². The van der Waals surface area contributed by atoms with Gasteiger partial charge < -0.3 is 0 Å². The molecule has 112 valence electrons. The van der Waals surface area contributed by atoms with E-state index in [2.05, 4.69) is 4.99 Å². The molecule has 0 unspecified atom stereocenters. The Morgan fingerprint density at radius 3 is 2.33 bits per heavy atom. The molecule has 1 heterocycles. The molecular weight excluding hydrogens is 321 g/mol. The van der Waals surface area contributed by atoms with Crippen LogP contribution in [-0.4, -0.2) is 24.0 Å². The standard InChI is InChI=1S/C12H11ClFN3O3S/c1-15-11-10(14)7-17(12(18)16(11)2)21(19,20)9-5-3-8(13)4-6-9/h3-7H,1-2H3. The topological polar surface area (TPSA) is 73.4 Å². The van der Waals surface area contributed by atoms with Crippen LogP contribution in [0.2, 0.25) is 5.02 Å². The summed E-state index contributed by atoms with van der Waals surface area (Å²) in [5.74, 6) is -0.919. The van der Waals surface area contributed by atoms with Crippen LogP contribution in [0.25, 0.3) is 0 Å². The second kappa shape index (κ2) is 5.45. The van der Waals surface area contributed by atoms with Gasteiger partial charge in [-0.3, -0.25) is 9.56 Å². The van der Waals surface area contributed by atoms with Crippen LogP contribution in [-0.2, 0) is 17.1 Å². The molecule has 0 aliphatic carbocycles. The number of hydrogen-bond acceptors (Lipinski definition) is 4. The van der Waals surface area contributed by atoms with E-state index in [1.54, 1.807) is 0 Å². The summed E-state index contributed by atoms with van der Waals surface area (Å²) >= 11 is 5.69. The van der Waals surface area contributed by atoms with Gasteiger partial charge in [-0.05, 0) is 24.3 Å². The SMILES string of the molecule is CN=c1c(F)cn(S(=O)(=O)c2ccc(Cl)cc2)c(=O)n1C. The van der Waals surface area contributed by atoms with Crippen molar-refractivity contribution in [1.82, 2.24) is 8.54 Å². The van der Waals surface area contributed by atoms with Gasteiger partial charge in [0.25, 0.3) is 10.0 Å². The highest BCUT2D eigenvalue weighted by molar-refractivity contribution is 7.90. The predicted molar refractivity (Wildman–Crippen MR) is 75.2 cm³/mol. The molecule has 0 atom stereocenters. The van der Waals surface area contributed by atoms with Gasteiger partial charge in [0.2, 0.25) is 0 Å². The van der Waals surface area contributed by atoms with Gasteiger partial charge in [0, 0.05) is 19.1 Å². The third-order valence-electron chi connectivity index (χ3n) is 2.82. The molecule has 0 radical (unpaired) electrons. The average molecular weight is 332 g/mol. The minimum absolute atomic E-state index is 0.172. The van der Waals surface area contributed by atoms with Crippen molar-refractivity contribution in [3.63, 3.8) is 0 Å². The van der Waals surface area contributed by atoms with Gasteiger partial charge in [0.1, 0.15) is 0 Å². The second-order valence-corrected chi connectivity index (χ2v) is 6.37. The molecule has 0 bridgehead atoms. The highest BCUT2D eigenvalue weighted by atomic mass is 35.5. The molecule has 21 heavy (non-hydrogen) atoms. The van der Waals surface area contributed by atoms with Crippen LogP contribution in [0, 0.1) is 5.82 Å². The molecule has 2 aromatic rings. The lowest BCUT2D eigenvalue weighted by Gasteiger charge is -2.10. The van der Waals surface area contributed by atoms with Gasteiger partial charge in [-0.15, -0.1) is 0 Å². The molecule has 0 saturated heterocycles. The van der Waals surface area contributed by atoms with Crippen molar-refractivity contribution in [2.75, 3.05) is 7.05 Å². The maximum absolute atomic E-state index is 13.8. The number of hydrogen-bond donors (Lipinski definition) is 0. The first-order valence-corrected chi connectivity index (χ1v) is 7.53. The van der Waals surface area contributed by atoms with E-state index in [1.807, 2.05) is 0 Å². The molecule has 0 amide bonds. The number of nitrogens with zero attached hydrogens (tertiary/aromatic N) is 3. The number of benzene rings is 1. The van der Waals surface area contributed by atoms with Gasteiger partial charge in [0.15, 0.2) is 11.3 Å². The molecule has 0 saturated carbocycles. The zero-order valence-electron chi connectivity index (χ0n) is 11.1. The van der Waals surface area contributed by atoms with E-state index in [1.165, 1.54) is 38.4 Å². The first kappa shape index (κ1) is 15.5. The highest BCUT2D eigenvalue weighted by Gasteiger charge is 2.21. The third kappa shape index (κ3) is 2.64. The van der Waals surface area contributed by atoms with Gasteiger partial charge in [-0.25, -0.2) is 17.6 Å². The van der Waals surface area contributed by atoms with Crippen molar-refractivity contribution in [2.24, 2.45) is 12.0 Å². The fourth-order valence-electron chi connectivity index (χ4n) is 1.76. The van der Waals surface area contributed by atoms with E-state index in [9.17, 15) is 17.6 Å². The Hall–Kier alpha value is -1.93. The zero-order chi connectivity index (χ0) is 15.8. The second-order valence-electron chi connectivity index (χ2n) is 4.12. The van der Waals surface area contributed by atoms with Crippen molar-refractivity contribution >= 4 is 21.6 Å². The Morgan fingerprint density at radius 2 is 1.81 bits per heavy atom. The Kier molecular flexibility index (Phi) is 4.02. The van der Waals surface area contributed by atoms with E-state index in [0.717, 1.165) is 4.57 Å². The Labute approximate surface area is 124 Å². The quantitative estimate of drug-likeness (QED) is 0.815. The van der Waals surface area contributed by atoms with E-state index in [-0.39, 0.29) is 10.4 Å². The molecule has 1 aromatic heterocycles. The van der Waals surface area contributed by atoms with E-state index < -0.39 is 21.5 Å². The molecule has 1 aromatic carbocycles. The van der Waals surface area contributed by atoms with E-state index in [4.69, 9.17) is 11.6 Å². The fourth-order valence-corrected chi connectivity index (χ4v) is 3.16. The summed E-state index contributed by atoms with van der Waals surface area (Å²) in [7, 11) is -1.67. The van der Waals surface area contributed by atoms with Gasteiger partial charge in [-0.2, -0.15) is 3.97 Å². The fraction of sp³-hybridized carbons (Fsp3) is 0.167. The lowest BCUT2D eigenvalue weighted by Crippen LogP contribution is -2.42. The summed E-state index contributed by atoms with van der Waals surface area (Å²) < 4.78 is 39.8. The summed E-state index contributed by atoms with van der Waals surface area (Å²) in [6.45, 7) is 0. The van der Waals surface area contributed by atoms with Crippen LogP contribution < -0.4 is 11.2 Å². The lowest BCUT2D eigenvalue weighted by atomic mass is 10.4. The highest BCUT2D eigenvalue weighted by Crippen LogP contribution is 2.15. The molecule has 2 rings (SSSR count). The van der Waals surface area contributed by atoms with Gasteiger partial charge in [0.05, 0.1) is 11.1 Å². The molecule has 0 fully saturated rings. The molecular formula is C12H11ClFN3O3S. The summed E-state index contributed by atoms with van der Waals surface area (Å²) in [4.78, 5) is 15.5. The van der Waals surface area contributed by atoms with Crippen LogP contribution >= 0.6 is 11.6 Å². The summed E-state index contributed by atoms with van der Waals surface area (Å²) in [5, 5.41) is 0.346. The predicted octanol–water partition coefficient (Wildman–Crippen LogP) is 0.747. The van der Waals surface area contributed by atoms with Crippen molar-refractivity contribution in [1.29, 1.82) is 0 Å². The summed E-state index contributed by atoms with van der Waals surface area (Å²) in [6, 6.07) is 5.21. The zero-order valence-corrected chi connectivity index (χ0v) is 12.7. The number of rotatable bonds is 2. The Balaban J connectivity index is 2.78. The normalized spacial score (nSPS) is 12.7. The average Bonchev–Trinajstić information content (AvgIpc) is 2.43. The summed E-state index contributed by atoms with van der Waals surface area (Å²) in [5.41, 5.74) is -1.16. The van der Waals surface area contributed by atoms with Crippen molar-refractivity contribution < 1.29 is 12.8 Å². The third-order valence-corrected chi connectivity index (χ3v) is 4.72. The van der Waals surface area contributed by atoms with E-state index in [0.29, 0.717) is 15.2 Å². The largest absolute Gasteiger partial charge is 0.343 e. The molecule has 0 aliphatic heterocycles. The molecule has 6 nitrogen and oxygen atoms in total. The number of halogens is 2. The van der Waals surface area contributed by atoms with Gasteiger partial charge in [-0.1, -0.05) is 11.6 Å². The maximum atomic E-state index is 13.8. The summed E-state index contributed by atoms with van der Waals surface area (Å²) in [6.07, 6.45) is 0.606. The first-order valence-electron chi connectivity index (χ1n) is 5.71. The monoisotopic (exact) mass is 331 g/mol.